The van der Waals surface area contributed by atoms with Crippen molar-refractivity contribution in [2.75, 3.05) is 24.5 Å². The second-order valence-corrected chi connectivity index (χ2v) is 5.96. The van der Waals surface area contributed by atoms with Crippen LogP contribution < -0.4 is 16.0 Å². The number of hydrogen-bond donors (Lipinski definition) is 2. The zero-order valence-electron chi connectivity index (χ0n) is 14.5. The number of carbonyl (C=O) groups excluding carboxylic acids is 1. The second kappa shape index (κ2) is 11.4. The van der Waals surface area contributed by atoms with Crippen LogP contribution in [-0.4, -0.2) is 35.5 Å². The molecule has 3 N–H and O–H groups in total. The molecule has 0 spiro atoms. The third-order valence-electron chi connectivity index (χ3n) is 4.17. The molecule has 6 nitrogen and oxygen atoms in total. The van der Waals surface area contributed by atoms with Gasteiger partial charge in [0.15, 0.2) is 0 Å². The van der Waals surface area contributed by atoms with E-state index in [-0.39, 0.29) is 43.3 Å². The largest absolute Gasteiger partial charge is 0.348 e. The average molecular weight is 378 g/mol. The highest BCUT2D eigenvalue weighted by molar-refractivity contribution is 5.85. The molecule has 0 aromatic carbocycles. The van der Waals surface area contributed by atoms with Crippen LogP contribution in [0.3, 0.4) is 0 Å². The van der Waals surface area contributed by atoms with Gasteiger partial charge >= 0.3 is 0 Å². The number of hydrogen-bond acceptors (Lipinski definition) is 5. The molecule has 1 saturated heterocycles. The van der Waals surface area contributed by atoms with Gasteiger partial charge in [-0.2, -0.15) is 0 Å². The molecule has 1 unspecified atom stereocenters. The molecule has 0 aliphatic carbocycles. The summed E-state index contributed by atoms with van der Waals surface area (Å²) in [4.78, 5) is 22.9. The molecule has 24 heavy (non-hydrogen) atoms. The van der Waals surface area contributed by atoms with Crippen LogP contribution in [0.25, 0.3) is 0 Å². The molecule has 1 aliphatic rings. The summed E-state index contributed by atoms with van der Waals surface area (Å²) in [5, 5.41) is 2.85. The Labute approximate surface area is 156 Å². The Balaban J connectivity index is 0.00000264. The SMILES string of the molecule is Cc1nc(N2CCCCCCC2)ncc1C(C)NC(=O)CN.Cl.Cl. The fourth-order valence-corrected chi connectivity index (χ4v) is 2.87. The Morgan fingerprint density at radius 1 is 1.25 bits per heavy atom. The molecule has 1 amide bonds. The van der Waals surface area contributed by atoms with Gasteiger partial charge in [0, 0.05) is 30.5 Å². The van der Waals surface area contributed by atoms with Gasteiger partial charge in [-0.15, -0.1) is 24.8 Å². The van der Waals surface area contributed by atoms with Crippen molar-refractivity contribution in [3.05, 3.63) is 17.5 Å². The van der Waals surface area contributed by atoms with E-state index in [1.807, 2.05) is 20.0 Å². The van der Waals surface area contributed by atoms with Crippen LogP contribution in [0.1, 0.15) is 56.3 Å². The third-order valence-corrected chi connectivity index (χ3v) is 4.17. The van der Waals surface area contributed by atoms with Gasteiger partial charge in [-0.25, -0.2) is 9.97 Å². The molecule has 2 heterocycles. The van der Waals surface area contributed by atoms with E-state index in [0.29, 0.717) is 0 Å². The van der Waals surface area contributed by atoms with E-state index in [2.05, 4.69) is 20.2 Å². The molecular formula is C16H29Cl2N5O. The molecule has 8 heteroatoms. The molecule has 1 fully saturated rings. The van der Waals surface area contributed by atoms with Gasteiger partial charge in [0.25, 0.3) is 0 Å². The van der Waals surface area contributed by atoms with Gasteiger partial charge in [0.1, 0.15) is 0 Å². The zero-order valence-corrected chi connectivity index (χ0v) is 16.1. The third kappa shape index (κ3) is 6.42. The number of anilines is 1. The van der Waals surface area contributed by atoms with Gasteiger partial charge < -0.3 is 16.0 Å². The van der Waals surface area contributed by atoms with E-state index in [1.54, 1.807) is 0 Å². The van der Waals surface area contributed by atoms with E-state index >= 15 is 0 Å². The fourth-order valence-electron chi connectivity index (χ4n) is 2.87. The van der Waals surface area contributed by atoms with Crippen molar-refractivity contribution in [1.82, 2.24) is 15.3 Å². The van der Waals surface area contributed by atoms with E-state index in [4.69, 9.17) is 5.73 Å². The average Bonchev–Trinajstić information content (AvgIpc) is 2.46. The maximum Gasteiger partial charge on any atom is 0.234 e. The molecular weight excluding hydrogens is 349 g/mol. The Morgan fingerprint density at radius 2 is 1.83 bits per heavy atom. The summed E-state index contributed by atoms with van der Waals surface area (Å²) in [6.45, 7) is 5.94. The van der Waals surface area contributed by atoms with Crippen molar-refractivity contribution >= 4 is 36.7 Å². The van der Waals surface area contributed by atoms with Crippen LogP contribution in [0.4, 0.5) is 5.95 Å². The van der Waals surface area contributed by atoms with Crippen LogP contribution in [-0.2, 0) is 4.79 Å². The lowest BCUT2D eigenvalue weighted by Gasteiger charge is -2.25. The first-order chi connectivity index (χ1) is 10.6. The Bertz CT molecular complexity index is 507. The zero-order chi connectivity index (χ0) is 15.9. The summed E-state index contributed by atoms with van der Waals surface area (Å²) >= 11 is 0. The van der Waals surface area contributed by atoms with Crippen molar-refractivity contribution in [3.8, 4) is 0 Å². The number of aromatic nitrogens is 2. The molecule has 1 aromatic rings. The predicted molar refractivity (Wildman–Crippen MR) is 102 cm³/mol. The number of aryl methyl sites for hydroxylation is 1. The minimum absolute atomic E-state index is 0. The first kappa shape index (κ1) is 22.9. The van der Waals surface area contributed by atoms with Crippen molar-refractivity contribution in [1.29, 1.82) is 0 Å². The first-order valence-corrected chi connectivity index (χ1v) is 8.19. The summed E-state index contributed by atoms with van der Waals surface area (Å²) in [6.07, 6.45) is 8.15. The van der Waals surface area contributed by atoms with Gasteiger partial charge in [0.2, 0.25) is 11.9 Å². The van der Waals surface area contributed by atoms with Gasteiger partial charge in [-0.1, -0.05) is 19.3 Å². The molecule has 0 radical (unpaired) electrons. The van der Waals surface area contributed by atoms with E-state index < -0.39 is 0 Å². The van der Waals surface area contributed by atoms with Crippen LogP contribution in [0, 0.1) is 6.92 Å². The highest BCUT2D eigenvalue weighted by Gasteiger charge is 2.16. The van der Waals surface area contributed by atoms with Gasteiger partial charge in [-0.05, 0) is 26.7 Å². The van der Waals surface area contributed by atoms with Crippen molar-refractivity contribution in [2.24, 2.45) is 5.73 Å². The fraction of sp³-hybridized carbons (Fsp3) is 0.688. The number of nitrogens with one attached hydrogen (secondary N) is 1. The number of nitrogens with zero attached hydrogens (tertiary/aromatic N) is 3. The van der Waals surface area contributed by atoms with Crippen LogP contribution in [0.5, 0.6) is 0 Å². The minimum Gasteiger partial charge on any atom is -0.348 e. The summed E-state index contributed by atoms with van der Waals surface area (Å²) in [5.41, 5.74) is 7.19. The van der Waals surface area contributed by atoms with Gasteiger partial charge in [0.05, 0.1) is 12.6 Å². The standard InChI is InChI=1S/C16H27N5O.2ClH/c1-12(19-15(22)10-17)14-11-18-16(20-13(14)2)21-8-6-4-3-5-7-9-21;;/h11-12H,3-10,17H2,1-2H3,(H,19,22);2*1H. The van der Waals surface area contributed by atoms with E-state index in [1.165, 1.54) is 32.1 Å². The smallest absolute Gasteiger partial charge is 0.234 e. The first-order valence-electron chi connectivity index (χ1n) is 8.19. The van der Waals surface area contributed by atoms with Gasteiger partial charge in [-0.3, -0.25) is 4.79 Å². The maximum absolute atomic E-state index is 11.4. The Morgan fingerprint density at radius 3 is 2.38 bits per heavy atom. The predicted octanol–water partition coefficient (Wildman–Crippen LogP) is 2.54. The highest BCUT2D eigenvalue weighted by atomic mass is 35.5. The van der Waals surface area contributed by atoms with Crippen LogP contribution in [0.2, 0.25) is 0 Å². The summed E-state index contributed by atoms with van der Waals surface area (Å²) in [7, 11) is 0. The quantitative estimate of drug-likeness (QED) is 0.841. The number of halogens is 2. The van der Waals surface area contributed by atoms with E-state index in [9.17, 15) is 4.79 Å². The molecule has 0 bridgehead atoms. The molecule has 0 saturated carbocycles. The normalized spacial score (nSPS) is 16.0. The van der Waals surface area contributed by atoms with Crippen LogP contribution in [0.15, 0.2) is 6.20 Å². The lowest BCUT2D eigenvalue weighted by Crippen LogP contribution is -2.33. The minimum atomic E-state index is -0.167. The topological polar surface area (TPSA) is 84.1 Å². The van der Waals surface area contributed by atoms with E-state index in [0.717, 1.165) is 30.3 Å². The van der Waals surface area contributed by atoms with Crippen molar-refractivity contribution in [2.45, 2.75) is 52.0 Å². The Kier molecular flexibility index (Phi) is 10.9. The Hall–Kier alpha value is -1.11. The summed E-state index contributed by atoms with van der Waals surface area (Å²) < 4.78 is 0. The molecule has 1 aliphatic heterocycles. The lowest BCUT2D eigenvalue weighted by molar-refractivity contribution is -0.120. The second-order valence-electron chi connectivity index (χ2n) is 5.96. The van der Waals surface area contributed by atoms with Crippen molar-refractivity contribution < 1.29 is 4.79 Å². The number of amides is 1. The molecule has 1 aromatic heterocycles. The highest BCUT2D eigenvalue weighted by Crippen LogP contribution is 2.20. The monoisotopic (exact) mass is 377 g/mol. The summed E-state index contributed by atoms with van der Waals surface area (Å²) in [6, 6.07) is -0.127. The number of nitrogens with two attached hydrogens (primary N) is 1. The maximum atomic E-state index is 11.4. The van der Waals surface area contributed by atoms with Crippen molar-refractivity contribution in [3.63, 3.8) is 0 Å². The lowest BCUT2D eigenvalue weighted by atomic mass is 10.1. The summed E-state index contributed by atoms with van der Waals surface area (Å²) in [5.74, 6) is 0.639. The molecule has 2 rings (SSSR count). The number of rotatable bonds is 4. The molecule has 1 atom stereocenters. The van der Waals surface area contributed by atoms with Crippen LogP contribution >= 0.6 is 24.8 Å². The number of carbonyl (C=O) groups is 1. The molecule has 138 valence electrons.